The molecule has 6 heteroatoms. The number of hydrogen-bond acceptors (Lipinski definition) is 6. The van der Waals surface area contributed by atoms with E-state index in [0.717, 1.165) is 0 Å². The molecule has 6 nitrogen and oxygen atoms in total. The van der Waals surface area contributed by atoms with Gasteiger partial charge in [-0.25, -0.2) is 0 Å². The predicted octanol–water partition coefficient (Wildman–Crippen LogP) is 0.284. The van der Waals surface area contributed by atoms with Crippen molar-refractivity contribution >= 4 is 5.97 Å². The Kier molecular flexibility index (Phi) is 10.8. The number of nitrogens with zero attached hydrogens (tertiary/aromatic N) is 1. The van der Waals surface area contributed by atoms with Gasteiger partial charge in [0.15, 0.2) is 0 Å². The average molecular weight is 277 g/mol. The van der Waals surface area contributed by atoms with Crippen molar-refractivity contribution in [3.8, 4) is 0 Å². The summed E-state index contributed by atoms with van der Waals surface area (Å²) in [4.78, 5) is 13.1. The lowest BCUT2D eigenvalue weighted by atomic mass is 10.3. The molecule has 114 valence electrons. The smallest absolute Gasteiger partial charge is 0.306 e. The zero-order chi connectivity index (χ0) is 14.7. The van der Waals surface area contributed by atoms with Crippen LogP contribution < -0.4 is 0 Å². The number of esters is 1. The Morgan fingerprint density at radius 1 is 1.26 bits per heavy atom. The van der Waals surface area contributed by atoms with Crippen molar-refractivity contribution in [2.75, 3.05) is 47.1 Å². The Balaban J connectivity index is 4.05. The molecule has 0 aliphatic rings. The van der Waals surface area contributed by atoms with Gasteiger partial charge in [-0.15, -0.1) is 0 Å². The van der Waals surface area contributed by atoms with Crippen molar-refractivity contribution < 1.29 is 24.1 Å². The summed E-state index contributed by atoms with van der Waals surface area (Å²) in [5.41, 5.74) is 0. The summed E-state index contributed by atoms with van der Waals surface area (Å²) in [6.07, 6.45) is -0.174. The first kappa shape index (κ1) is 18.3. The second kappa shape index (κ2) is 11.2. The van der Waals surface area contributed by atoms with E-state index in [1.165, 1.54) is 7.11 Å². The van der Waals surface area contributed by atoms with Crippen LogP contribution in [0.4, 0.5) is 0 Å². The highest BCUT2D eigenvalue weighted by Gasteiger charge is 2.14. The molecule has 0 radical (unpaired) electrons. The molecule has 0 rings (SSSR count). The van der Waals surface area contributed by atoms with Crippen LogP contribution in [0, 0.1) is 0 Å². The number of hydrogen-bond donors (Lipinski definition) is 1. The number of ether oxygens (including phenoxy) is 3. The summed E-state index contributed by atoms with van der Waals surface area (Å²) in [6, 6.07) is 0. The molecule has 0 amide bonds. The molecule has 1 N–H and O–H groups in total. The molecule has 0 bridgehead atoms. The number of aliphatic hydroxyl groups is 1. The summed E-state index contributed by atoms with van der Waals surface area (Å²) in [5.74, 6) is -0.254. The standard InChI is InChI=1S/C13H27NO5/c1-11(2)19-10-12(15)9-14(7-8-17-3)6-5-13(16)18-4/h11-12,15H,5-10H2,1-4H3. The summed E-state index contributed by atoms with van der Waals surface area (Å²) in [6.45, 7) is 6.34. The molecule has 0 aliphatic heterocycles. The quantitative estimate of drug-likeness (QED) is 0.547. The summed E-state index contributed by atoms with van der Waals surface area (Å²) >= 11 is 0. The highest BCUT2D eigenvalue weighted by Crippen LogP contribution is 1.99. The van der Waals surface area contributed by atoms with Crippen LogP contribution in [-0.4, -0.2) is 75.3 Å². The van der Waals surface area contributed by atoms with E-state index in [1.54, 1.807) is 7.11 Å². The maximum Gasteiger partial charge on any atom is 0.306 e. The molecule has 0 heterocycles. The van der Waals surface area contributed by atoms with E-state index in [9.17, 15) is 9.90 Å². The fraction of sp³-hybridized carbons (Fsp3) is 0.923. The number of rotatable bonds is 11. The topological polar surface area (TPSA) is 68.2 Å². The lowest BCUT2D eigenvalue weighted by Crippen LogP contribution is -2.38. The van der Waals surface area contributed by atoms with Crippen LogP contribution in [0.1, 0.15) is 20.3 Å². The van der Waals surface area contributed by atoms with Gasteiger partial charge in [0.05, 0.1) is 39.0 Å². The van der Waals surface area contributed by atoms with Gasteiger partial charge in [0.25, 0.3) is 0 Å². The Hall–Kier alpha value is -0.690. The van der Waals surface area contributed by atoms with Crippen molar-refractivity contribution in [1.82, 2.24) is 4.90 Å². The number of carbonyl (C=O) groups is 1. The summed E-state index contributed by atoms with van der Waals surface area (Å²) in [5, 5.41) is 9.87. The van der Waals surface area contributed by atoms with E-state index in [-0.39, 0.29) is 12.1 Å². The summed E-state index contributed by atoms with van der Waals surface area (Å²) in [7, 11) is 2.99. The molecule has 19 heavy (non-hydrogen) atoms. The Bertz CT molecular complexity index is 235. The third kappa shape index (κ3) is 10.9. The molecule has 0 saturated heterocycles. The van der Waals surface area contributed by atoms with Crippen molar-refractivity contribution in [3.05, 3.63) is 0 Å². The van der Waals surface area contributed by atoms with Gasteiger partial charge in [0.2, 0.25) is 0 Å². The van der Waals surface area contributed by atoms with Gasteiger partial charge in [0.1, 0.15) is 0 Å². The normalized spacial score (nSPS) is 13.0. The Morgan fingerprint density at radius 3 is 2.47 bits per heavy atom. The minimum atomic E-state index is -0.572. The Labute approximate surface area is 115 Å². The van der Waals surface area contributed by atoms with Crippen LogP contribution in [-0.2, 0) is 19.0 Å². The van der Waals surface area contributed by atoms with Crippen molar-refractivity contribution in [3.63, 3.8) is 0 Å². The lowest BCUT2D eigenvalue weighted by Gasteiger charge is -2.24. The average Bonchev–Trinajstić information content (AvgIpc) is 2.38. The van der Waals surface area contributed by atoms with Crippen molar-refractivity contribution in [1.29, 1.82) is 0 Å². The van der Waals surface area contributed by atoms with Gasteiger partial charge >= 0.3 is 5.97 Å². The third-order valence-electron chi connectivity index (χ3n) is 2.56. The molecule has 0 aromatic heterocycles. The van der Waals surface area contributed by atoms with Gasteiger partial charge in [-0.1, -0.05) is 0 Å². The van der Waals surface area contributed by atoms with E-state index in [0.29, 0.717) is 39.3 Å². The Morgan fingerprint density at radius 2 is 1.95 bits per heavy atom. The molecule has 0 spiro atoms. The fourth-order valence-corrected chi connectivity index (χ4v) is 1.52. The highest BCUT2D eigenvalue weighted by atomic mass is 16.5. The van der Waals surface area contributed by atoms with Crippen LogP contribution >= 0.6 is 0 Å². The number of methoxy groups -OCH3 is 2. The third-order valence-corrected chi connectivity index (χ3v) is 2.56. The van der Waals surface area contributed by atoms with Crippen LogP contribution in [0.5, 0.6) is 0 Å². The second-order valence-corrected chi connectivity index (χ2v) is 4.66. The molecule has 0 saturated carbocycles. The lowest BCUT2D eigenvalue weighted by molar-refractivity contribution is -0.141. The molecule has 0 aromatic rings. The van der Waals surface area contributed by atoms with Gasteiger partial charge < -0.3 is 19.3 Å². The molecule has 0 aliphatic carbocycles. The van der Waals surface area contributed by atoms with Crippen LogP contribution in [0.15, 0.2) is 0 Å². The first-order valence-corrected chi connectivity index (χ1v) is 6.57. The largest absolute Gasteiger partial charge is 0.469 e. The highest BCUT2D eigenvalue weighted by molar-refractivity contribution is 5.69. The van der Waals surface area contributed by atoms with Gasteiger partial charge in [-0.2, -0.15) is 0 Å². The molecular weight excluding hydrogens is 250 g/mol. The van der Waals surface area contributed by atoms with Crippen molar-refractivity contribution in [2.45, 2.75) is 32.5 Å². The van der Waals surface area contributed by atoms with Gasteiger partial charge in [0, 0.05) is 26.7 Å². The molecule has 0 fully saturated rings. The number of aliphatic hydroxyl groups excluding tert-OH is 1. The zero-order valence-corrected chi connectivity index (χ0v) is 12.4. The van der Waals surface area contributed by atoms with E-state index in [4.69, 9.17) is 9.47 Å². The van der Waals surface area contributed by atoms with Gasteiger partial charge in [-0.3, -0.25) is 9.69 Å². The minimum Gasteiger partial charge on any atom is -0.469 e. The minimum absolute atomic E-state index is 0.0946. The number of carbonyl (C=O) groups excluding carboxylic acids is 1. The first-order chi connectivity index (χ1) is 8.99. The molecule has 0 aromatic carbocycles. The maximum absolute atomic E-state index is 11.1. The SMILES string of the molecule is COCCN(CCC(=O)OC)CC(O)COC(C)C. The first-order valence-electron chi connectivity index (χ1n) is 6.57. The molecular formula is C13H27NO5. The zero-order valence-electron chi connectivity index (χ0n) is 12.4. The van der Waals surface area contributed by atoms with E-state index in [1.807, 2.05) is 18.7 Å². The fourth-order valence-electron chi connectivity index (χ4n) is 1.52. The second-order valence-electron chi connectivity index (χ2n) is 4.66. The van der Waals surface area contributed by atoms with E-state index in [2.05, 4.69) is 4.74 Å². The van der Waals surface area contributed by atoms with E-state index < -0.39 is 6.10 Å². The monoisotopic (exact) mass is 277 g/mol. The van der Waals surface area contributed by atoms with Crippen LogP contribution in [0.25, 0.3) is 0 Å². The maximum atomic E-state index is 11.1. The van der Waals surface area contributed by atoms with E-state index >= 15 is 0 Å². The van der Waals surface area contributed by atoms with Crippen molar-refractivity contribution in [2.24, 2.45) is 0 Å². The predicted molar refractivity (Wildman–Crippen MR) is 72.0 cm³/mol. The van der Waals surface area contributed by atoms with Crippen LogP contribution in [0.2, 0.25) is 0 Å². The molecule has 1 unspecified atom stereocenters. The summed E-state index contributed by atoms with van der Waals surface area (Å²) < 4.78 is 15.0. The van der Waals surface area contributed by atoms with Crippen LogP contribution in [0.3, 0.4) is 0 Å². The van der Waals surface area contributed by atoms with Gasteiger partial charge in [-0.05, 0) is 13.8 Å². The molecule has 1 atom stereocenters.